The lowest BCUT2D eigenvalue weighted by Gasteiger charge is -2.09. The zero-order valence-electron chi connectivity index (χ0n) is 17.8. The lowest BCUT2D eigenvalue weighted by molar-refractivity contribution is 0.392. The van der Waals surface area contributed by atoms with Crippen molar-refractivity contribution in [3.8, 4) is 22.8 Å². The third-order valence-electron chi connectivity index (χ3n) is 5.27. The van der Waals surface area contributed by atoms with Gasteiger partial charge in [0.15, 0.2) is 0 Å². The fourth-order valence-electron chi connectivity index (χ4n) is 3.53. The van der Waals surface area contributed by atoms with Gasteiger partial charge >= 0.3 is 0 Å². The number of nitrogens with zero attached hydrogens (tertiary/aromatic N) is 6. The van der Waals surface area contributed by atoms with Crippen LogP contribution in [-0.4, -0.2) is 29.5 Å². The Morgan fingerprint density at radius 2 is 1.94 bits per heavy atom. The first kappa shape index (κ1) is 19.7. The van der Waals surface area contributed by atoms with Gasteiger partial charge in [0.1, 0.15) is 17.3 Å². The molecule has 0 atom stereocenters. The molecule has 0 N–H and O–H groups in total. The van der Waals surface area contributed by atoms with Crippen LogP contribution in [0.1, 0.15) is 17.0 Å². The molecule has 0 bridgehead atoms. The van der Waals surface area contributed by atoms with E-state index in [9.17, 15) is 4.79 Å². The number of ether oxygens (including phenoxy) is 1. The van der Waals surface area contributed by atoms with Crippen LogP contribution >= 0.6 is 0 Å². The second-order valence-corrected chi connectivity index (χ2v) is 7.54. The van der Waals surface area contributed by atoms with Crippen molar-refractivity contribution in [2.45, 2.75) is 20.4 Å². The number of aromatic nitrogens is 6. The maximum atomic E-state index is 13.1. The van der Waals surface area contributed by atoms with Crippen molar-refractivity contribution >= 4 is 10.9 Å². The molecule has 0 fully saturated rings. The van der Waals surface area contributed by atoms with Crippen LogP contribution in [0.5, 0.6) is 11.5 Å². The fourth-order valence-corrected chi connectivity index (χ4v) is 3.53. The van der Waals surface area contributed by atoms with Crippen LogP contribution in [0.3, 0.4) is 0 Å². The lowest BCUT2D eigenvalue weighted by Crippen LogP contribution is -2.21. The summed E-state index contributed by atoms with van der Waals surface area (Å²) in [4.78, 5) is 21.9. The second-order valence-electron chi connectivity index (χ2n) is 7.54. The minimum atomic E-state index is -0.161. The summed E-state index contributed by atoms with van der Waals surface area (Å²) in [7, 11) is 1.85. The highest BCUT2D eigenvalue weighted by Gasteiger charge is 2.13. The van der Waals surface area contributed by atoms with Crippen molar-refractivity contribution in [2.75, 3.05) is 0 Å². The summed E-state index contributed by atoms with van der Waals surface area (Å²) in [5.41, 5.74) is 3.71. The van der Waals surface area contributed by atoms with Gasteiger partial charge < -0.3 is 9.26 Å². The number of hydrogen-bond acceptors (Lipinski definition) is 7. The zero-order valence-corrected chi connectivity index (χ0v) is 17.8. The molecular formula is C23H20N6O3. The van der Waals surface area contributed by atoms with E-state index in [1.165, 1.54) is 0 Å². The molecule has 1 aromatic carbocycles. The van der Waals surface area contributed by atoms with E-state index in [4.69, 9.17) is 9.26 Å². The number of fused-ring (bicyclic) bond motifs is 1. The molecule has 4 heterocycles. The summed E-state index contributed by atoms with van der Waals surface area (Å²) < 4.78 is 14.5. The molecule has 0 aliphatic heterocycles. The van der Waals surface area contributed by atoms with Crippen LogP contribution in [0.15, 0.2) is 64.6 Å². The normalized spacial score (nSPS) is 11.2. The maximum absolute atomic E-state index is 13.1. The molecule has 0 unspecified atom stereocenters. The van der Waals surface area contributed by atoms with Crippen LogP contribution < -0.4 is 10.3 Å². The van der Waals surface area contributed by atoms with E-state index in [-0.39, 0.29) is 5.56 Å². The summed E-state index contributed by atoms with van der Waals surface area (Å²) in [6, 6.07) is 8.87. The molecule has 0 aliphatic carbocycles. The monoisotopic (exact) mass is 428 g/mol. The molecule has 9 nitrogen and oxygen atoms in total. The van der Waals surface area contributed by atoms with E-state index >= 15 is 0 Å². The Hall–Kier alpha value is -4.27. The Bertz CT molecular complexity index is 1480. The highest BCUT2D eigenvalue weighted by molar-refractivity contribution is 5.79. The van der Waals surface area contributed by atoms with Gasteiger partial charge in [-0.25, -0.2) is 4.98 Å². The molecule has 0 aliphatic rings. The van der Waals surface area contributed by atoms with Crippen molar-refractivity contribution in [3.05, 3.63) is 82.6 Å². The Kier molecular flexibility index (Phi) is 4.78. The van der Waals surface area contributed by atoms with Gasteiger partial charge in [0, 0.05) is 36.6 Å². The quantitative estimate of drug-likeness (QED) is 0.421. The molecule has 0 spiro atoms. The molecule has 0 saturated heterocycles. The highest BCUT2D eigenvalue weighted by Crippen LogP contribution is 2.27. The number of hydrogen-bond donors (Lipinski definition) is 0. The molecule has 5 rings (SSSR count). The summed E-state index contributed by atoms with van der Waals surface area (Å²) in [5, 5.41) is 8.60. The number of rotatable bonds is 5. The number of benzene rings is 1. The van der Waals surface area contributed by atoms with Gasteiger partial charge in [-0.2, -0.15) is 5.10 Å². The minimum Gasteiger partial charge on any atom is -0.457 e. The first-order chi connectivity index (χ1) is 15.5. The topological polar surface area (TPSA) is 101 Å². The molecule has 0 amide bonds. The van der Waals surface area contributed by atoms with Crippen LogP contribution in [0.4, 0.5) is 0 Å². The van der Waals surface area contributed by atoms with Crippen LogP contribution in [-0.2, 0) is 13.6 Å². The van der Waals surface area contributed by atoms with E-state index in [2.05, 4.69) is 20.2 Å². The van der Waals surface area contributed by atoms with Crippen molar-refractivity contribution in [1.29, 1.82) is 0 Å². The third kappa shape index (κ3) is 3.64. The summed E-state index contributed by atoms with van der Waals surface area (Å²) >= 11 is 0. The molecule has 0 saturated carbocycles. The predicted molar refractivity (Wildman–Crippen MR) is 118 cm³/mol. The van der Waals surface area contributed by atoms with Gasteiger partial charge in [-0.3, -0.25) is 19.0 Å². The largest absolute Gasteiger partial charge is 0.457 e. The average molecular weight is 428 g/mol. The highest BCUT2D eigenvalue weighted by atomic mass is 16.5. The Morgan fingerprint density at radius 3 is 2.69 bits per heavy atom. The smallest absolute Gasteiger partial charge is 0.261 e. The second kappa shape index (κ2) is 7.77. The lowest BCUT2D eigenvalue weighted by atomic mass is 10.2. The predicted octanol–water partition coefficient (Wildman–Crippen LogP) is 3.64. The number of aryl methyl sites for hydroxylation is 3. The van der Waals surface area contributed by atoms with Crippen LogP contribution in [0, 0.1) is 13.8 Å². The third-order valence-corrected chi connectivity index (χ3v) is 5.27. The summed E-state index contributed by atoms with van der Waals surface area (Å²) in [5.74, 6) is 1.83. The van der Waals surface area contributed by atoms with E-state index < -0.39 is 0 Å². The van der Waals surface area contributed by atoms with Gasteiger partial charge in [-0.15, -0.1) is 0 Å². The molecule has 9 heteroatoms. The molecule has 160 valence electrons. The van der Waals surface area contributed by atoms with Crippen molar-refractivity contribution in [3.63, 3.8) is 0 Å². The molecule has 0 radical (unpaired) electrons. The average Bonchev–Trinajstić information content (AvgIpc) is 3.36. The van der Waals surface area contributed by atoms with Crippen molar-refractivity contribution < 1.29 is 9.26 Å². The SMILES string of the molecule is Cc1noc(C)c1Cn1cnc2ccc(Oc3ccnc(-c4cnn(C)c4)c3)cc2c1=O. The molecular weight excluding hydrogens is 408 g/mol. The minimum absolute atomic E-state index is 0.161. The first-order valence-corrected chi connectivity index (χ1v) is 10.0. The van der Waals surface area contributed by atoms with E-state index in [1.54, 1.807) is 52.2 Å². The standard InChI is InChI=1S/C23H20N6O3/c1-14-20(15(2)32-27-14)12-29-13-25-21-5-4-17(8-19(21)23(29)30)31-18-6-7-24-22(9-18)16-10-26-28(3)11-16/h4-11,13H,12H2,1-3H3. The van der Waals surface area contributed by atoms with E-state index in [0.29, 0.717) is 34.7 Å². The van der Waals surface area contributed by atoms with Gasteiger partial charge in [-0.05, 0) is 38.1 Å². The van der Waals surface area contributed by atoms with Crippen LogP contribution in [0.25, 0.3) is 22.2 Å². The van der Waals surface area contributed by atoms with Crippen LogP contribution in [0.2, 0.25) is 0 Å². The van der Waals surface area contributed by atoms with E-state index in [1.807, 2.05) is 33.2 Å². The van der Waals surface area contributed by atoms with Gasteiger partial charge in [0.05, 0.1) is 41.4 Å². The Morgan fingerprint density at radius 1 is 1.09 bits per heavy atom. The van der Waals surface area contributed by atoms with Crippen molar-refractivity contribution in [2.24, 2.45) is 7.05 Å². The molecule has 5 aromatic rings. The number of pyridine rings is 1. The Labute approximate surface area is 182 Å². The molecule has 4 aromatic heterocycles. The fraction of sp³-hybridized carbons (Fsp3) is 0.174. The summed E-state index contributed by atoms with van der Waals surface area (Å²) in [6.07, 6.45) is 6.85. The zero-order chi connectivity index (χ0) is 22.2. The van der Waals surface area contributed by atoms with E-state index in [0.717, 1.165) is 22.5 Å². The first-order valence-electron chi connectivity index (χ1n) is 10.0. The van der Waals surface area contributed by atoms with Crippen molar-refractivity contribution in [1.82, 2.24) is 29.5 Å². The maximum Gasteiger partial charge on any atom is 0.261 e. The van der Waals surface area contributed by atoms with Gasteiger partial charge in [0.25, 0.3) is 5.56 Å². The van der Waals surface area contributed by atoms with Gasteiger partial charge in [-0.1, -0.05) is 5.16 Å². The summed E-state index contributed by atoms with van der Waals surface area (Å²) in [6.45, 7) is 4.02. The Balaban J connectivity index is 1.47. The van der Waals surface area contributed by atoms with Gasteiger partial charge in [0.2, 0.25) is 0 Å². The molecule has 32 heavy (non-hydrogen) atoms.